The van der Waals surface area contributed by atoms with Crippen LogP contribution >= 0.6 is 0 Å². The van der Waals surface area contributed by atoms with Gasteiger partial charge in [0, 0.05) is 19.8 Å². The number of rotatable bonds is 6. The van der Waals surface area contributed by atoms with Gasteiger partial charge >= 0.3 is 6.55 Å². The van der Waals surface area contributed by atoms with Crippen LogP contribution in [0, 0.1) is 0 Å². The monoisotopic (exact) mass is 326 g/mol. The van der Waals surface area contributed by atoms with E-state index in [4.69, 9.17) is 0 Å². The fourth-order valence-electron chi connectivity index (χ4n) is 1.96. The average Bonchev–Trinajstić information content (AvgIpc) is 3.12. The minimum Gasteiger partial charge on any atom is -0.351 e. The molecule has 0 radical (unpaired) electrons. The van der Waals surface area contributed by atoms with E-state index in [9.17, 15) is 18.4 Å². The molecule has 0 atom stereocenters. The van der Waals surface area contributed by atoms with Gasteiger partial charge in [-0.15, -0.1) is 0 Å². The van der Waals surface area contributed by atoms with Gasteiger partial charge in [0.1, 0.15) is 11.4 Å². The number of anilines is 1. The van der Waals surface area contributed by atoms with E-state index in [-0.39, 0.29) is 17.1 Å². The Morgan fingerprint density at radius 1 is 1.30 bits per heavy atom. The zero-order chi connectivity index (χ0) is 17.0. The van der Waals surface area contributed by atoms with Gasteiger partial charge in [-0.1, -0.05) is 6.92 Å². The largest absolute Gasteiger partial charge is 0.351 e. The standard InChI is InChI=1S/C13H16F2N6O2/c1-3-5-16-12(23)10-8(7-18-20(10)2)19-11(22)9-4-6-17-21(9)13(14)15/h4,6-7,13H,3,5H2,1-2H3,(H,16,23)(H,19,22). The number of aromatic nitrogens is 4. The minimum atomic E-state index is -2.94. The van der Waals surface area contributed by atoms with Crippen molar-refractivity contribution in [2.75, 3.05) is 11.9 Å². The van der Waals surface area contributed by atoms with Crippen molar-refractivity contribution in [3.63, 3.8) is 0 Å². The first-order chi connectivity index (χ1) is 11.0. The molecule has 0 saturated carbocycles. The summed E-state index contributed by atoms with van der Waals surface area (Å²) in [6.07, 6.45) is 3.12. The first-order valence-corrected chi connectivity index (χ1v) is 6.89. The van der Waals surface area contributed by atoms with Crippen molar-refractivity contribution in [3.8, 4) is 0 Å². The molecule has 0 aliphatic heterocycles. The van der Waals surface area contributed by atoms with E-state index in [1.54, 1.807) is 7.05 Å². The Morgan fingerprint density at radius 2 is 2.04 bits per heavy atom. The minimum absolute atomic E-state index is 0.133. The lowest BCUT2D eigenvalue weighted by molar-refractivity contribution is 0.0520. The number of amides is 2. The number of aryl methyl sites for hydroxylation is 1. The molecular weight excluding hydrogens is 310 g/mol. The quantitative estimate of drug-likeness (QED) is 0.839. The third-order valence-electron chi connectivity index (χ3n) is 3.03. The molecule has 10 heteroatoms. The molecule has 0 aliphatic carbocycles. The van der Waals surface area contributed by atoms with Crippen molar-refractivity contribution < 1.29 is 18.4 Å². The van der Waals surface area contributed by atoms with Crippen molar-refractivity contribution in [2.24, 2.45) is 7.05 Å². The molecule has 0 unspecified atom stereocenters. The van der Waals surface area contributed by atoms with E-state index < -0.39 is 18.4 Å². The zero-order valence-electron chi connectivity index (χ0n) is 12.6. The van der Waals surface area contributed by atoms with Gasteiger partial charge in [0.15, 0.2) is 0 Å². The van der Waals surface area contributed by atoms with Gasteiger partial charge in [0.25, 0.3) is 11.8 Å². The summed E-state index contributed by atoms with van der Waals surface area (Å²) >= 11 is 0. The molecule has 2 aromatic rings. The highest BCUT2D eigenvalue weighted by atomic mass is 19.3. The predicted octanol–water partition coefficient (Wildman–Crippen LogP) is 1.40. The Morgan fingerprint density at radius 3 is 2.70 bits per heavy atom. The third kappa shape index (κ3) is 3.52. The smallest absolute Gasteiger partial charge is 0.333 e. The Bertz CT molecular complexity index is 709. The third-order valence-corrected chi connectivity index (χ3v) is 3.03. The summed E-state index contributed by atoms with van der Waals surface area (Å²) in [6.45, 7) is -0.570. The summed E-state index contributed by atoms with van der Waals surface area (Å²) in [5.74, 6) is -1.22. The van der Waals surface area contributed by atoms with Crippen molar-refractivity contribution in [2.45, 2.75) is 19.9 Å². The number of carbonyl (C=O) groups is 2. The highest BCUT2D eigenvalue weighted by Gasteiger charge is 2.22. The maximum Gasteiger partial charge on any atom is 0.333 e. The van der Waals surface area contributed by atoms with Crippen LogP contribution in [0.15, 0.2) is 18.5 Å². The molecule has 2 amide bonds. The molecule has 2 N–H and O–H groups in total. The average molecular weight is 326 g/mol. The normalized spacial score (nSPS) is 10.8. The van der Waals surface area contributed by atoms with Crippen LogP contribution in [0.3, 0.4) is 0 Å². The van der Waals surface area contributed by atoms with Crippen LogP contribution in [0.5, 0.6) is 0 Å². The van der Waals surface area contributed by atoms with Gasteiger partial charge in [-0.05, 0) is 12.5 Å². The molecular formula is C13H16F2N6O2. The maximum absolute atomic E-state index is 12.8. The maximum atomic E-state index is 12.8. The second kappa shape index (κ2) is 6.99. The van der Waals surface area contributed by atoms with Crippen molar-refractivity contribution >= 4 is 17.5 Å². The summed E-state index contributed by atoms with van der Waals surface area (Å²) in [5.41, 5.74) is -0.0493. The number of halogens is 2. The molecule has 0 aliphatic rings. The predicted molar refractivity (Wildman–Crippen MR) is 77.3 cm³/mol. The fourth-order valence-corrected chi connectivity index (χ4v) is 1.96. The number of carbonyl (C=O) groups excluding carboxylic acids is 2. The highest BCUT2D eigenvalue weighted by Crippen LogP contribution is 2.17. The van der Waals surface area contributed by atoms with E-state index >= 15 is 0 Å². The van der Waals surface area contributed by atoms with Gasteiger partial charge < -0.3 is 10.6 Å². The molecule has 0 fully saturated rings. The zero-order valence-corrected chi connectivity index (χ0v) is 12.6. The molecule has 124 valence electrons. The van der Waals surface area contributed by atoms with Crippen LogP contribution < -0.4 is 10.6 Å². The molecule has 0 spiro atoms. The molecule has 2 heterocycles. The van der Waals surface area contributed by atoms with Crippen molar-refractivity contribution in [1.82, 2.24) is 24.9 Å². The summed E-state index contributed by atoms with van der Waals surface area (Å²) in [5, 5.41) is 12.4. The van der Waals surface area contributed by atoms with E-state index in [2.05, 4.69) is 20.8 Å². The fraction of sp³-hybridized carbons (Fsp3) is 0.385. The molecule has 23 heavy (non-hydrogen) atoms. The van der Waals surface area contributed by atoms with E-state index in [1.807, 2.05) is 6.92 Å². The van der Waals surface area contributed by atoms with Gasteiger partial charge in [-0.3, -0.25) is 14.3 Å². The number of hydrogen-bond donors (Lipinski definition) is 2. The summed E-state index contributed by atoms with van der Waals surface area (Å²) in [7, 11) is 1.54. The van der Waals surface area contributed by atoms with Crippen LogP contribution in [0.4, 0.5) is 14.5 Å². The molecule has 0 saturated heterocycles. The molecule has 0 aromatic carbocycles. The van der Waals surface area contributed by atoms with E-state index in [0.29, 0.717) is 11.2 Å². The number of nitrogens with one attached hydrogen (secondary N) is 2. The van der Waals surface area contributed by atoms with E-state index in [0.717, 1.165) is 18.7 Å². The van der Waals surface area contributed by atoms with Gasteiger partial charge in [-0.25, -0.2) is 0 Å². The Labute approximate surface area is 130 Å². The first-order valence-electron chi connectivity index (χ1n) is 6.89. The van der Waals surface area contributed by atoms with Gasteiger partial charge in [0.2, 0.25) is 0 Å². The Hall–Kier alpha value is -2.78. The van der Waals surface area contributed by atoms with Crippen LogP contribution in [0.25, 0.3) is 0 Å². The van der Waals surface area contributed by atoms with Crippen molar-refractivity contribution in [1.29, 1.82) is 0 Å². The highest BCUT2D eigenvalue weighted by molar-refractivity contribution is 6.07. The lowest BCUT2D eigenvalue weighted by Crippen LogP contribution is -2.28. The Kier molecular flexibility index (Phi) is 5.04. The molecule has 0 bridgehead atoms. The molecule has 2 aromatic heterocycles. The van der Waals surface area contributed by atoms with Crippen LogP contribution in [0.1, 0.15) is 40.9 Å². The molecule has 8 nitrogen and oxygen atoms in total. The topological polar surface area (TPSA) is 93.8 Å². The van der Waals surface area contributed by atoms with Gasteiger partial charge in [0.05, 0.1) is 11.9 Å². The van der Waals surface area contributed by atoms with Crippen LogP contribution in [-0.2, 0) is 7.05 Å². The summed E-state index contributed by atoms with van der Waals surface area (Å²) in [6, 6.07) is 1.16. The van der Waals surface area contributed by atoms with Crippen molar-refractivity contribution in [3.05, 3.63) is 29.8 Å². The SMILES string of the molecule is CCCNC(=O)c1c(NC(=O)c2ccnn2C(F)F)cnn1C. The van der Waals surface area contributed by atoms with E-state index in [1.165, 1.54) is 10.9 Å². The number of nitrogens with zero attached hydrogens (tertiary/aromatic N) is 4. The Balaban J connectivity index is 2.22. The first kappa shape index (κ1) is 16.6. The number of alkyl halides is 2. The second-order valence-electron chi connectivity index (χ2n) is 4.68. The summed E-state index contributed by atoms with van der Waals surface area (Å²) < 4.78 is 27.1. The van der Waals surface area contributed by atoms with Crippen LogP contribution in [0.2, 0.25) is 0 Å². The van der Waals surface area contributed by atoms with Gasteiger partial charge in [-0.2, -0.15) is 23.7 Å². The number of hydrogen-bond acceptors (Lipinski definition) is 4. The lowest BCUT2D eigenvalue weighted by atomic mass is 10.3. The summed E-state index contributed by atoms with van der Waals surface area (Å²) in [4.78, 5) is 24.2. The second-order valence-corrected chi connectivity index (χ2v) is 4.68. The van der Waals surface area contributed by atoms with Crippen LogP contribution in [-0.4, -0.2) is 37.9 Å². The molecule has 2 rings (SSSR count). The lowest BCUT2D eigenvalue weighted by Gasteiger charge is -2.09.